The molecular formula is C15H27NO2. The molecule has 18 heavy (non-hydrogen) atoms. The summed E-state index contributed by atoms with van der Waals surface area (Å²) >= 11 is 0. The van der Waals surface area contributed by atoms with Crippen LogP contribution in [0.4, 0.5) is 0 Å². The Balaban J connectivity index is 1.60. The Bertz CT molecular complexity index is 274. The van der Waals surface area contributed by atoms with Gasteiger partial charge in [-0.25, -0.2) is 0 Å². The lowest BCUT2D eigenvalue weighted by atomic mass is 9.78. The maximum absolute atomic E-state index is 6.50. The zero-order chi connectivity index (χ0) is 12.4. The van der Waals surface area contributed by atoms with E-state index in [9.17, 15) is 0 Å². The summed E-state index contributed by atoms with van der Waals surface area (Å²) in [6, 6.07) is 0.780. The number of nitrogens with one attached hydrogen (secondary N) is 1. The molecule has 0 aromatic carbocycles. The predicted molar refractivity (Wildman–Crippen MR) is 71.7 cm³/mol. The van der Waals surface area contributed by atoms with Crippen LogP contribution >= 0.6 is 0 Å². The van der Waals surface area contributed by atoms with Gasteiger partial charge in [0, 0.05) is 19.2 Å². The molecule has 1 heterocycles. The quantitative estimate of drug-likeness (QED) is 0.816. The Morgan fingerprint density at radius 2 is 2.17 bits per heavy atom. The summed E-state index contributed by atoms with van der Waals surface area (Å²) in [5.74, 6) is 0.807. The van der Waals surface area contributed by atoms with Crippen molar-refractivity contribution in [2.75, 3.05) is 19.8 Å². The Morgan fingerprint density at radius 1 is 1.28 bits per heavy atom. The largest absolute Gasteiger partial charge is 0.379 e. The van der Waals surface area contributed by atoms with Crippen molar-refractivity contribution in [1.29, 1.82) is 0 Å². The highest BCUT2D eigenvalue weighted by molar-refractivity contribution is 4.93. The van der Waals surface area contributed by atoms with Gasteiger partial charge in [-0.05, 0) is 38.0 Å². The summed E-state index contributed by atoms with van der Waals surface area (Å²) in [5.41, 5.74) is 0.0959. The van der Waals surface area contributed by atoms with Gasteiger partial charge in [-0.15, -0.1) is 0 Å². The smallest absolute Gasteiger partial charge is 0.0838 e. The van der Waals surface area contributed by atoms with E-state index >= 15 is 0 Å². The van der Waals surface area contributed by atoms with E-state index < -0.39 is 0 Å². The minimum absolute atomic E-state index is 0.0959. The van der Waals surface area contributed by atoms with Crippen LogP contribution in [0, 0.1) is 5.92 Å². The molecule has 0 bridgehead atoms. The van der Waals surface area contributed by atoms with E-state index in [1.165, 1.54) is 38.5 Å². The van der Waals surface area contributed by atoms with Gasteiger partial charge in [-0.2, -0.15) is 0 Å². The Labute approximate surface area is 111 Å². The van der Waals surface area contributed by atoms with E-state index in [0.29, 0.717) is 6.10 Å². The van der Waals surface area contributed by atoms with Crippen LogP contribution in [0.2, 0.25) is 0 Å². The van der Waals surface area contributed by atoms with Crippen LogP contribution in [0.3, 0.4) is 0 Å². The summed E-state index contributed by atoms with van der Waals surface area (Å²) < 4.78 is 12.0. The van der Waals surface area contributed by atoms with E-state index in [1.54, 1.807) is 0 Å². The molecule has 104 valence electrons. The first kappa shape index (κ1) is 12.9. The van der Waals surface area contributed by atoms with Crippen LogP contribution in [0.25, 0.3) is 0 Å². The summed E-state index contributed by atoms with van der Waals surface area (Å²) in [7, 11) is 0. The second-order valence-electron chi connectivity index (χ2n) is 6.64. The van der Waals surface area contributed by atoms with E-state index in [1.807, 2.05) is 0 Å². The van der Waals surface area contributed by atoms with Crippen LogP contribution in [-0.4, -0.2) is 37.5 Å². The van der Waals surface area contributed by atoms with Crippen molar-refractivity contribution in [2.24, 2.45) is 5.92 Å². The zero-order valence-electron chi connectivity index (χ0n) is 11.6. The fourth-order valence-electron chi connectivity index (χ4n) is 3.50. The maximum Gasteiger partial charge on any atom is 0.0838 e. The third kappa shape index (κ3) is 3.25. The maximum atomic E-state index is 6.50. The van der Waals surface area contributed by atoms with Crippen LogP contribution in [0.15, 0.2) is 0 Å². The third-order valence-electron chi connectivity index (χ3n) is 4.64. The van der Waals surface area contributed by atoms with E-state index in [4.69, 9.17) is 9.47 Å². The normalized spacial score (nSPS) is 41.2. The number of rotatable bonds is 5. The molecule has 3 atom stereocenters. The molecule has 3 unspecified atom stereocenters. The highest BCUT2D eigenvalue weighted by Gasteiger charge is 2.39. The number of hydrogen-bond acceptors (Lipinski definition) is 3. The lowest BCUT2D eigenvalue weighted by molar-refractivity contribution is -0.120. The zero-order valence-corrected chi connectivity index (χ0v) is 11.6. The predicted octanol–water partition coefficient (Wildman–Crippen LogP) is 2.49. The highest BCUT2D eigenvalue weighted by Crippen LogP contribution is 2.37. The fraction of sp³-hybridized carbons (Fsp3) is 1.00. The van der Waals surface area contributed by atoms with Crippen molar-refractivity contribution in [2.45, 2.75) is 69.6 Å². The molecule has 0 radical (unpaired) electrons. The average molecular weight is 253 g/mol. The molecule has 3 heteroatoms. The van der Waals surface area contributed by atoms with Gasteiger partial charge < -0.3 is 14.8 Å². The molecule has 1 saturated heterocycles. The molecular weight excluding hydrogens is 226 g/mol. The number of hydrogen-bond donors (Lipinski definition) is 1. The molecule has 3 rings (SSSR count). The highest BCUT2D eigenvalue weighted by atomic mass is 16.6. The van der Waals surface area contributed by atoms with E-state index in [-0.39, 0.29) is 5.60 Å². The summed E-state index contributed by atoms with van der Waals surface area (Å²) in [4.78, 5) is 0. The molecule has 0 amide bonds. The standard InChI is InChI=1S/C15H27NO2/c1-12-3-2-7-15(9-12,11-16-13-4-5-13)18-14-6-8-17-10-14/h12-14,16H,2-11H2,1H3. The van der Waals surface area contributed by atoms with E-state index in [2.05, 4.69) is 12.2 Å². The van der Waals surface area contributed by atoms with Gasteiger partial charge in [-0.1, -0.05) is 19.8 Å². The molecule has 0 aromatic heterocycles. The molecule has 1 aliphatic heterocycles. The topological polar surface area (TPSA) is 30.5 Å². The van der Waals surface area contributed by atoms with Gasteiger partial charge >= 0.3 is 0 Å². The Kier molecular flexibility index (Phi) is 3.92. The molecule has 1 N–H and O–H groups in total. The molecule has 2 aliphatic carbocycles. The van der Waals surface area contributed by atoms with Gasteiger partial charge in [0.15, 0.2) is 0 Å². The molecule has 3 aliphatic rings. The van der Waals surface area contributed by atoms with E-state index in [0.717, 1.165) is 38.1 Å². The van der Waals surface area contributed by atoms with Crippen LogP contribution < -0.4 is 5.32 Å². The monoisotopic (exact) mass is 253 g/mol. The fourth-order valence-corrected chi connectivity index (χ4v) is 3.50. The first-order chi connectivity index (χ1) is 8.76. The van der Waals surface area contributed by atoms with Gasteiger partial charge in [0.05, 0.1) is 18.3 Å². The van der Waals surface area contributed by atoms with Gasteiger partial charge in [-0.3, -0.25) is 0 Å². The van der Waals surface area contributed by atoms with Crippen LogP contribution in [0.1, 0.15) is 51.9 Å². The van der Waals surface area contributed by atoms with Gasteiger partial charge in [0.2, 0.25) is 0 Å². The van der Waals surface area contributed by atoms with Crippen molar-refractivity contribution < 1.29 is 9.47 Å². The second kappa shape index (κ2) is 5.48. The number of ether oxygens (including phenoxy) is 2. The summed E-state index contributed by atoms with van der Waals surface area (Å²) in [5, 5.41) is 3.70. The lowest BCUT2D eigenvalue weighted by Crippen LogP contribution is -2.49. The van der Waals surface area contributed by atoms with Crippen molar-refractivity contribution in [3.05, 3.63) is 0 Å². The average Bonchev–Trinajstić information content (AvgIpc) is 3.05. The Hall–Kier alpha value is -0.120. The van der Waals surface area contributed by atoms with Crippen LogP contribution in [0.5, 0.6) is 0 Å². The molecule has 0 aromatic rings. The minimum Gasteiger partial charge on any atom is -0.379 e. The first-order valence-corrected chi connectivity index (χ1v) is 7.75. The third-order valence-corrected chi connectivity index (χ3v) is 4.64. The second-order valence-corrected chi connectivity index (χ2v) is 6.64. The SMILES string of the molecule is CC1CCCC(CNC2CC2)(OC2CCOC2)C1. The van der Waals surface area contributed by atoms with Crippen LogP contribution in [-0.2, 0) is 9.47 Å². The van der Waals surface area contributed by atoms with Gasteiger partial charge in [0.25, 0.3) is 0 Å². The van der Waals surface area contributed by atoms with Crippen molar-refractivity contribution >= 4 is 0 Å². The van der Waals surface area contributed by atoms with Crippen molar-refractivity contribution in [1.82, 2.24) is 5.32 Å². The van der Waals surface area contributed by atoms with Crippen molar-refractivity contribution in [3.63, 3.8) is 0 Å². The summed E-state index contributed by atoms with van der Waals surface area (Å²) in [6.07, 6.45) is 9.29. The molecule has 2 saturated carbocycles. The first-order valence-electron chi connectivity index (χ1n) is 7.75. The van der Waals surface area contributed by atoms with Gasteiger partial charge in [0.1, 0.15) is 0 Å². The van der Waals surface area contributed by atoms with Crippen molar-refractivity contribution in [3.8, 4) is 0 Å². The summed E-state index contributed by atoms with van der Waals surface area (Å²) in [6.45, 7) is 5.12. The molecule has 3 nitrogen and oxygen atoms in total. The lowest BCUT2D eigenvalue weighted by Gasteiger charge is -2.42. The minimum atomic E-state index is 0.0959. The molecule has 3 fully saturated rings. The Morgan fingerprint density at radius 3 is 2.83 bits per heavy atom. The molecule has 0 spiro atoms.